The van der Waals surface area contributed by atoms with E-state index in [1.165, 1.54) is 6.20 Å². The Labute approximate surface area is 94.3 Å². The zero-order valence-corrected chi connectivity index (χ0v) is 9.58. The van der Waals surface area contributed by atoms with E-state index in [1.807, 2.05) is 0 Å². The van der Waals surface area contributed by atoms with Gasteiger partial charge in [0.1, 0.15) is 5.60 Å². The van der Waals surface area contributed by atoms with Gasteiger partial charge >= 0.3 is 0 Å². The maximum atomic E-state index is 11.5. The molecule has 3 N–H and O–H groups in total. The number of aliphatic hydroxyl groups excluding tert-OH is 1. The van der Waals surface area contributed by atoms with Crippen molar-refractivity contribution in [1.82, 2.24) is 4.98 Å². The zero-order valence-electron chi connectivity index (χ0n) is 9.58. The van der Waals surface area contributed by atoms with Crippen LogP contribution in [0.3, 0.4) is 0 Å². The number of aliphatic hydroxyl groups is 2. The zero-order chi connectivity index (χ0) is 12.3. The Bertz CT molecular complexity index is 450. The van der Waals surface area contributed by atoms with Gasteiger partial charge in [0.05, 0.1) is 6.61 Å². The first-order valence-electron chi connectivity index (χ1n) is 5.17. The second-order valence-electron chi connectivity index (χ2n) is 3.85. The Hall–Kier alpha value is -1.39. The predicted molar refractivity (Wildman–Crippen MR) is 62.0 cm³/mol. The molecule has 0 spiro atoms. The molecule has 1 heterocycles. The van der Waals surface area contributed by atoms with Gasteiger partial charge < -0.3 is 15.2 Å². The van der Waals surface area contributed by atoms with E-state index in [4.69, 9.17) is 0 Å². The number of hydrogen-bond acceptors (Lipinski definition) is 3. The molecule has 16 heavy (non-hydrogen) atoms. The van der Waals surface area contributed by atoms with Crippen LogP contribution < -0.4 is 5.56 Å². The molecule has 1 aromatic rings. The summed E-state index contributed by atoms with van der Waals surface area (Å²) in [7, 11) is 0. The highest BCUT2D eigenvalue weighted by Gasteiger charge is 2.31. The number of pyridine rings is 1. The van der Waals surface area contributed by atoms with Crippen LogP contribution in [0.25, 0.3) is 0 Å². The number of aromatic nitrogens is 1. The minimum absolute atomic E-state index is 0.190. The summed E-state index contributed by atoms with van der Waals surface area (Å²) in [6, 6.07) is 1.60. The van der Waals surface area contributed by atoms with Gasteiger partial charge in [-0.25, -0.2) is 0 Å². The molecule has 4 nitrogen and oxygen atoms in total. The van der Waals surface area contributed by atoms with Crippen molar-refractivity contribution < 1.29 is 10.2 Å². The van der Waals surface area contributed by atoms with Crippen molar-refractivity contribution in [3.8, 4) is 0 Å². The molecule has 0 fully saturated rings. The maximum absolute atomic E-state index is 11.5. The molecule has 0 amide bonds. The summed E-state index contributed by atoms with van der Waals surface area (Å²) < 4.78 is 0. The Morgan fingerprint density at radius 1 is 1.62 bits per heavy atom. The van der Waals surface area contributed by atoms with E-state index in [9.17, 15) is 15.0 Å². The predicted octanol–water partition coefficient (Wildman–Crippen LogP) is 1.04. The van der Waals surface area contributed by atoms with Gasteiger partial charge in [0, 0.05) is 17.3 Å². The molecule has 1 unspecified atom stereocenters. The standard InChI is InChI=1S/C12H17NO3/c1-4-12(16,8(2)3)10-5-6-13-11(15)9(10)7-14/h5-6,14,16H,2,4,7H2,1,3H3,(H,13,15). The van der Waals surface area contributed by atoms with E-state index in [2.05, 4.69) is 11.6 Å². The Kier molecular flexibility index (Phi) is 3.67. The minimum atomic E-state index is -1.26. The second kappa shape index (κ2) is 4.63. The molecule has 0 aliphatic carbocycles. The third-order valence-electron chi connectivity index (χ3n) is 2.89. The van der Waals surface area contributed by atoms with Crippen LogP contribution in [0.4, 0.5) is 0 Å². The number of H-pyrrole nitrogens is 1. The molecule has 0 aliphatic rings. The number of hydrogen-bond donors (Lipinski definition) is 3. The summed E-state index contributed by atoms with van der Waals surface area (Å²) in [5.41, 5.74) is -0.473. The van der Waals surface area contributed by atoms with E-state index in [-0.39, 0.29) is 11.1 Å². The van der Waals surface area contributed by atoms with E-state index in [0.717, 1.165) is 0 Å². The average Bonchev–Trinajstić information content (AvgIpc) is 2.27. The molecule has 0 aromatic carbocycles. The van der Waals surface area contributed by atoms with Crippen molar-refractivity contribution in [3.05, 3.63) is 45.9 Å². The molecule has 0 saturated heterocycles. The third kappa shape index (κ3) is 1.94. The molecule has 0 radical (unpaired) electrons. The van der Waals surface area contributed by atoms with Crippen LogP contribution in [0.5, 0.6) is 0 Å². The topological polar surface area (TPSA) is 73.3 Å². The van der Waals surface area contributed by atoms with Crippen molar-refractivity contribution in [3.63, 3.8) is 0 Å². The lowest BCUT2D eigenvalue weighted by molar-refractivity contribution is 0.0697. The fourth-order valence-electron chi connectivity index (χ4n) is 1.78. The third-order valence-corrected chi connectivity index (χ3v) is 2.89. The first-order chi connectivity index (χ1) is 7.47. The van der Waals surface area contributed by atoms with E-state index < -0.39 is 12.2 Å². The molecular weight excluding hydrogens is 206 g/mol. The van der Waals surface area contributed by atoms with E-state index >= 15 is 0 Å². The quantitative estimate of drug-likeness (QED) is 0.668. The van der Waals surface area contributed by atoms with Crippen molar-refractivity contribution in [2.75, 3.05) is 0 Å². The summed E-state index contributed by atoms with van der Waals surface area (Å²) in [4.78, 5) is 14.0. The van der Waals surface area contributed by atoms with Crippen molar-refractivity contribution in [2.45, 2.75) is 32.5 Å². The summed E-state index contributed by atoms with van der Waals surface area (Å²) in [6.07, 6.45) is 1.86. The van der Waals surface area contributed by atoms with Crippen LogP contribution in [0.1, 0.15) is 31.4 Å². The number of rotatable bonds is 4. The SMILES string of the molecule is C=C(C)C(O)(CC)c1cc[nH]c(=O)c1CO. The second-order valence-corrected chi connectivity index (χ2v) is 3.85. The smallest absolute Gasteiger partial charge is 0.253 e. The fourth-order valence-corrected chi connectivity index (χ4v) is 1.78. The first-order valence-corrected chi connectivity index (χ1v) is 5.17. The molecule has 4 heteroatoms. The summed E-state index contributed by atoms with van der Waals surface area (Å²) in [5, 5.41) is 19.6. The highest BCUT2D eigenvalue weighted by atomic mass is 16.3. The van der Waals surface area contributed by atoms with Crippen molar-refractivity contribution in [2.24, 2.45) is 0 Å². The largest absolute Gasteiger partial charge is 0.391 e. The molecule has 0 aliphatic heterocycles. The first kappa shape index (κ1) is 12.7. The number of aromatic amines is 1. The van der Waals surface area contributed by atoms with Gasteiger partial charge in [0.25, 0.3) is 5.56 Å². The van der Waals surface area contributed by atoms with Crippen LogP contribution in [0.15, 0.2) is 29.2 Å². The van der Waals surface area contributed by atoms with Gasteiger partial charge in [-0.3, -0.25) is 4.79 Å². The summed E-state index contributed by atoms with van der Waals surface area (Å²) in [6.45, 7) is 6.84. The van der Waals surface area contributed by atoms with Crippen LogP contribution in [0.2, 0.25) is 0 Å². The highest BCUT2D eigenvalue weighted by Crippen LogP contribution is 2.32. The van der Waals surface area contributed by atoms with Gasteiger partial charge in [0.2, 0.25) is 0 Å². The van der Waals surface area contributed by atoms with Crippen LogP contribution in [-0.4, -0.2) is 15.2 Å². The Balaban J connectivity index is 3.48. The number of nitrogens with one attached hydrogen (secondary N) is 1. The minimum Gasteiger partial charge on any atom is -0.391 e. The highest BCUT2D eigenvalue weighted by molar-refractivity contribution is 5.35. The van der Waals surface area contributed by atoms with Gasteiger partial charge in [-0.05, 0) is 25.0 Å². The fraction of sp³-hybridized carbons (Fsp3) is 0.417. The van der Waals surface area contributed by atoms with Crippen LogP contribution in [-0.2, 0) is 12.2 Å². The molecule has 1 rings (SSSR count). The van der Waals surface area contributed by atoms with Gasteiger partial charge in [0.15, 0.2) is 0 Å². The molecule has 0 bridgehead atoms. The van der Waals surface area contributed by atoms with Gasteiger partial charge in [-0.2, -0.15) is 0 Å². The lowest BCUT2D eigenvalue weighted by Crippen LogP contribution is -2.30. The Morgan fingerprint density at radius 3 is 2.69 bits per heavy atom. The summed E-state index contributed by atoms with van der Waals surface area (Å²) in [5.74, 6) is 0. The summed E-state index contributed by atoms with van der Waals surface area (Å²) >= 11 is 0. The van der Waals surface area contributed by atoms with Crippen molar-refractivity contribution in [1.29, 1.82) is 0 Å². The van der Waals surface area contributed by atoms with Crippen LogP contribution >= 0.6 is 0 Å². The molecule has 0 saturated carbocycles. The monoisotopic (exact) mass is 223 g/mol. The van der Waals surface area contributed by atoms with E-state index in [0.29, 0.717) is 17.6 Å². The lowest BCUT2D eigenvalue weighted by Gasteiger charge is -2.29. The Morgan fingerprint density at radius 2 is 2.25 bits per heavy atom. The van der Waals surface area contributed by atoms with Gasteiger partial charge in [-0.15, -0.1) is 0 Å². The normalized spacial score (nSPS) is 14.5. The van der Waals surface area contributed by atoms with Crippen molar-refractivity contribution >= 4 is 0 Å². The molecule has 1 aromatic heterocycles. The lowest BCUT2D eigenvalue weighted by atomic mass is 9.83. The maximum Gasteiger partial charge on any atom is 0.253 e. The molecular formula is C12H17NO3. The van der Waals surface area contributed by atoms with E-state index in [1.54, 1.807) is 19.9 Å². The van der Waals surface area contributed by atoms with Gasteiger partial charge in [-0.1, -0.05) is 13.5 Å². The molecule has 1 atom stereocenters. The van der Waals surface area contributed by atoms with Crippen LogP contribution in [0, 0.1) is 0 Å². The molecule has 88 valence electrons. The average molecular weight is 223 g/mol.